The van der Waals surface area contributed by atoms with E-state index < -0.39 is 4.92 Å². The number of nitro groups is 1. The molecule has 1 aromatic carbocycles. The molecule has 0 spiro atoms. The molecule has 1 heterocycles. The number of nitro benzene ring substituents is 1. The molecule has 0 saturated carbocycles. The molecule has 1 saturated heterocycles. The summed E-state index contributed by atoms with van der Waals surface area (Å²) >= 11 is 0. The average molecular weight is 252 g/mol. The van der Waals surface area contributed by atoms with Crippen LogP contribution in [0.15, 0.2) is 18.2 Å². The molecule has 0 aliphatic carbocycles. The van der Waals surface area contributed by atoms with Crippen molar-refractivity contribution in [2.24, 2.45) is 0 Å². The first-order chi connectivity index (χ1) is 8.69. The zero-order chi connectivity index (χ0) is 13.0. The number of nitrogens with one attached hydrogen (secondary N) is 1. The van der Waals surface area contributed by atoms with Crippen molar-refractivity contribution in [2.45, 2.75) is 18.9 Å². The lowest BCUT2D eigenvalue weighted by Crippen LogP contribution is -2.16. The predicted molar refractivity (Wildman–Crippen MR) is 67.1 cm³/mol. The van der Waals surface area contributed by atoms with Crippen molar-refractivity contribution in [1.82, 2.24) is 0 Å². The fourth-order valence-corrected chi connectivity index (χ4v) is 1.88. The van der Waals surface area contributed by atoms with Crippen LogP contribution in [-0.2, 0) is 4.74 Å². The average Bonchev–Trinajstić information content (AvgIpc) is 2.89. The highest BCUT2D eigenvalue weighted by atomic mass is 16.6. The summed E-state index contributed by atoms with van der Waals surface area (Å²) in [6, 6.07) is 4.64. The third-order valence-electron chi connectivity index (χ3n) is 2.85. The highest BCUT2D eigenvalue weighted by molar-refractivity contribution is 5.56. The van der Waals surface area contributed by atoms with Crippen molar-refractivity contribution in [3.05, 3.63) is 28.3 Å². The number of ether oxygens (including phenoxy) is 2. The molecule has 1 N–H and O–H groups in total. The molecule has 1 unspecified atom stereocenters. The quantitative estimate of drug-likeness (QED) is 0.642. The van der Waals surface area contributed by atoms with Crippen LogP contribution in [0.3, 0.4) is 0 Å². The van der Waals surface area contributed by atoms with E-state index in [0.717, 1.165) is 19.4 Å². The summed E-state index contributed by atoms with van der Waals surface area (Å²) in [4.78, 5) is 10.3. The van der Waals surface area contributed by atoms with Gasteiger partial charge in [0.2, 0.25) is 0 Å². The summed E-state index contributed by atoms with van der Waals surface area (Å²) in [5.74, 6) is 0.490. The number of benzene rings is 1. The second-order valence-electron chi connectivity index (χ2n) is 4.17. The Balaban J connectivity index is 2.05. The van der Waals surface area contributed by atoms with Crippen molar-refractivity contribution >= 4 is 11.4 Å². The van der Waals surface area contributed by atoms with E-state index in [0.29, 0.717) is 18.0 Å². The van der Waals surface area contributed by atoms with Gasteiger partial charge in [-0.3, -0.25) is 10.1 Å². The highest BCUT2D eigenvalue weighted by Crippen LogP contribution is 2.26. The van der Waals surface area contributed by atoms with Crippen LogP contribution >= 0.6 is 0 Å². The van der Waals surface area contributed by atoms with E-state index in [9.17, 15) is 10.1 Å². The highest BCUT2D eigenvalue weighted by Gasteiger charge is 2.17. The van der Waals surface area contributed by atoms with Gasteiger partial charge in [0.05, 0.1) is 17.1 Å². The number of anilines is 1. The van der Waals surface area contributed by atoms with E-state index in [2.05, 4.69) is 5.32 Å². The summed E-state index contributed by atoms with van der Waals surface area (Å²) < 4.78 is 11.0. The number of rotatable bonds is 5. The molecule has 1 aliphatic heterocycles. The topological polar surface area (TPSA) is 73.6 Å². The van der Waals surface area contributed by atoms with Crippen LogP contribution < -0.4 is 10.1 Å². The van der Waals surface area contributed by atoms with E-state index in [1.165, 1.54) is 12.1 Å². The minimum Gasteiger partial charge on any atom is -0.491 e. The molecular formula is C12H16N2O4. The van der Waals surface area contributed by atoms with Gasteiger partial charge in [-0.1, -0.05) is 0 Å². The second kappa shape index (κ2) is 5.68. The zero-order valence-electron chi connectivity index (χ0n) is 10.2. The molecule has 6 nitrogen and oxygen atoms in total. The summed E-state index contributed by atoms with van der Waals surface area (Å²) in [7, 11) is 1.71. The largest absolute Gasteiger partial charge is 0.491 e. The van der Waals surface area contributed by atoms with Crippen LogP contribution in [0.2, 0.25) is 0 Å². The van der Waals surface area contributed by atoms with Crippen molar-refractivity contribution in [3.63, 3.8) is 0 Å². The molecule has 1 atom stereocenters. The first-order valence-electron chi connectivity index (χ1n) is 5.90. The maximum Gasteiger partial charge on any atom is 0.275 e. The minimum atomic E-state index is -0.431. The molecule has 1 aliphatic rings. The van der Waals surface area contributed by atoms with Crippen LogP contribution in [0, 0.1) is 10.1 Å². The van der Waals surface area contributed by atoms with E-state index in [4.69, 9.17) is 9.47 Å². The van der Waals surface area contributed by atoms with Gasteiger partial charge < -0.3 is 14.8 Å². The second-order valence-corrected chi connectivity index (χ2v) is 4.17. The molecule has 18 heavy (non-hydrogen) atoms. The smallest absolute Gasteiger partial charge is 0.275 e. The SMILES string of the molecule is CNc1cc(OCC2CCCO2)cc([N+](=O)[O-])c1. The molecule has 0 aromatic heterocycles. The molecular weight excluding hydrogens is 236 g/mol. The van der Waals surface area contributed by atoms with Crippen LogP contribution in [0.1, 0.15) is 12.8 Å². The van der Waals surface area contributed by atoms with Gasteiger partial charge in [0.15, 0.2) is 0 Å². The summed E-state index contributed by atoms with van der Waals surface area (Å²) in [6.07, 6.45) is 2.13. The summed E-state index contributed by atoms with van der Waals surface area (Å²) in [5, 5.41) is 13.7. The number of nitrogens with zero attached hydrogens (tertiary/aromatic N) is 1. The first kappa shape index (κ1) is 12.6. The number of hydrogen-bond donors (Lipinski definition) is 1. The Morgan fingerprint density at radius 1 is 1.56 bits per heavy atom. The molecule has 6 heteroatoms. The van der Waals surface area contributed by atoms with Gasteiger partial charge in [0.25, 0.3) is 5.69 Å². The van der Waals surface area contributed by atoms with Crippen LogP contribution in [0.4, 0.5) is 11.4 Å². The molecule has 0 amide bonds. The van der Waals surface area contributed by atoms with Crippen molar-refractivity contribution < 1.29 is 14.4 Å². The lowest BCUT2D eigenvalue weighted by molar-refractivity contribution is -0.384. The third kappa shape index (κ3) is 3.10. The standard InChI is InChI=1S/C12H16N2O4/c1-13-9-5-10(14(15)16)7-12(6-9)18-8-11-3-2-4-17-11/h5-7,11,13H,2-4,8H2,1H3. The Labute approximate surface area is 105 Å². The molecule has 1 fully saturated rings. The molecule has 0 bridgehead atoms. The van der Waals surface area contributed by atoms with Crippen LogP contribution in [-0.4, -0.2) is 31.3 Å². The van der Waals surface area contributed by atoms with Gasteiger partial charge in [0, 0.05) is 31.5 Å². The lowest BCUT2D eigenvalue weighted by atomic mass is 10.2. The minimum absolute atomic E-state index is 0.0178. The van der Waals surface area contributed by atoms with Crippen LogP contribution in [0.5, 0.6) is 5.75 Å². The number of hydrogen-bond acceptors (Lipinski definition) is 5. The maximum atomic E-state index is 10.8. The predicted octanol–water partition coefficient (Wildman–Crippen LogP) is 2.19. The Morgan fingerprint density at radius 2 is 2.39 bits per heavy atom. The normalized spacial score (nSPS) is 18.6. The monoisotopic (exact) mass is 252 g/mol. The molecule has 1 aromatic rings. The fourth-order valence-electron chi connectivity index (χ4n) is 1.88. The fraction of sp³-hybridized carbons (Fsp3) is 0.500. The van der Waals surface area contributed by atoms with E-state index >= 15 is 0 Å². The lowest BCUT2D eigenvalue weighted by Gasteiger charge is -2.12. The van der Waals surface area contributed by atoms with Crippen molar-refractivity contribution in [3.8, 4) is 5.75 Å². The van der Waals surface area contributed by atoms with Gasteiger partial charge in [-0.2, -0.15) is 0 Å². The first-order valence-corrected chi connectivity index (χ1v) is 5.90. The van der Waals surface area contributed by atoms with E-state index in [1.807, 2.05) is 0 Å². The van der Waals surface area contributed by atoms with Crippen molar-refractivity contribution in [2.75, 3.05) is 25.6 Å². The van der Waals surface area contributed by atoms with Gasteiger partial charge in [0.1, 0.15) is 12.4 Å². The van der Waals surface area contributed by atoms with Gasteiger partial charge >= 0.3 is 0 Å². The van der Waals surface area contributed by atoms with Crippen molar-refractivity contribution in [1.29, 1.82) is 0 Å². The Morgan fingerprint density at radius 3 is 3.00 bits per heavy atom. The summed E-state index contributed by atoms with van der Waals surface area (Å²) in [5.41, 5.74) is 0.677. The Bertz CT molecular complexity index is 430. The molecule has 98 valence electrons. The Kier molecular flexibility index (Phi) is 3.99. The number of non-ortho nitro benzene ring substituents is 1. The van der Waals surface area contributed by atoms with Crippen LogP contribution in [0.25, 0.3) is 0 Å². The van der Waals surface area contributed by atoms with Gasteiger partial charge in [-0.05, 0) is 12.8 Å². The summed E-state index contributed by atoms with van der Waals surface area (Å²) in [6.45, 7) is 1.20. The van der Waals surface area contributed by atoms with E-state index in [-0.39, 0.29) is 11.8 Å². The zero-order valence-corrected chi connectivity index (χ0v) is 10.2. The Hall–Kier alpha value is -1.82. The maximum absolute atomic E-state index is 10.8. The van der Waals surface area contributed by atoms with Gasteiger partial charge in [-0.25, -0.2) is 0 Å². The molecule has 0 radical (unpaired) electrons. The van der Waals surface area contributed by atoms with E-state index in [1.54, 1.807) is 13.1 Å². The van der Waals surface area contributed by atoms with Gasteiger partial charge in [-0.15, -0.1) is 0 Å². The third-order valence-corrected chi connectivity index (χ3v) is 2.85. The molecule has 2 rings (SSSR count).